The summed E-state index contributed by atoms with van der Waals surface area (Å²) in [6.07, 6.45) is 1.82. The minimum absolute atomic E-state index is 0.778. The zero-order chi connectivity index (χ0) is 19.9. The van der Waals surface area contributed by atoms with E-state index in [0.29, 0.717) is 0 Å². The van der Waals surface area contributed by atoms with Gasteiger partial charge < -0.3 is 4.43 Å². The van der Waals surface area contributed by atoms with E-state index < -0.39 is 8.32 Å². The van der Waals surface area contributed by atoms with Crippen LogP contribution in [-0.4, -0.2) is 26.3 Å². The van der Waals surface area contributed by atoms with Crippen LogP contribution in [0.4, 0.5) is 11.4 Å². The summed E-state index contributed by atoms with van der Waals surface area (Å²) in [6, 6.07) is 16.5. The molecule has 0 atom stereocenters. The summed E-state index contributed by atoms with van der Waals surface area (Å²) in [5.41, 5.74) is 6.38. The Hall–Kier alpha value is -2.04. The highest BCUT2D eigenvalue weighted by molar-refractivity contribution is 6.69. The number of rotatable bonds is 8. The summed E-state index contributed by atoms with van der Waals surface area (Å²) < 4.78 is 6.01. The average Bonchev–Trinajstić information content (AvgIpc) is 2.60. The van der Waals surface area contributed by atoms with Crippen molar-refractivity contribution in [3.8, 4) is 0 Å². The SMILES string of the molecule is CC(=Nc1ccccc1C)C(CCCO[Si](C)(C)C)=Nc1ccccc1C. The summed E-state index contributed by atoms with van der Waals surface area (Å²) in [5.74, 6) is 0. The van der Waals surface area contributed by atoms with E-state index in [1.807, 2.05) is 24.3 Å². The van der Waals surface area contributed by atoms with E-state index in [1.165, 1.54) is 11.1 Å². The molecule has 0 heterocycles. The van der Waals surface area contributed by atoms with Crippen LogP contribution in [0, 0.1) is 13.8 Å². The molecule has 3 nitrogen and oxygen atoms in total. The van der Waals surface area contributed by atoms with Crippen molar-refractivity contribution in [2.45, 2.75) is 53.3 Å². The third-order valence-corrected chi connectivity index (χ3v) is 5.36. The van der Waals surface area contributed by atoms with E-state index in [9.17, 15) is 0 Å². The molecule has 0 aliphatic rings. The van der Waals surface area contributed by atoms with Gasteiger partial charge in [0.15, 0.2) is 8.32 Å². The third-order valence-electron chi connectivity index (χ3n) is 4.29. The first-order valence-corrected chi connectivity index (χ1v) is 13.1. The number of aliphatic imine (C=N–C) groups is 2. The highest BCUT2D eigenvalue weighted by Crippen LogP contribution is 2.21. The van der Waals surface area contributed by atoms with Crippen LogP contribution in [0.2, 0.25) is 19.6 Å². The lowest BCUT2D eigenvalue weighted by molar-refractivity contribution is 0.307. The molecule has 0 saturated heterocycles. The van der Waals surface area contributed by atoms with Gasteiger partial charge in [-0.25, -0.2) is 0 Å². The van der Waals surface area contributed by atoms with Crippen molar-refractivity contribution in [2.75, 3.05) is 6.61 Å². The summed E-state index contributed by atoms with van der Waals surface area (Å²) in [6.45, 7) is 13.7. The predicted octanol–water partition coefficient (Wildman–Crippen LogP) is 6.80. The van der Waals surface area contributed by atoms with Crippen LogP contribution in [0.3, 0.4) is 0 Å². The number of nitrogens with zero attached hydrogens (tertiary/aromatic N) is 2. The first kappa shape index (κ1) is 21.3. The highest BCUT2D eigenvalue weighted by atomic mass is 28.4. The first-order valence-electron chi connectivity index (χ1n) is 9.65. The normalized spacial score (nSPS) is 13.1. The minimum Gasteiger partial charge on any atom is -0.418 e. The second-order valence-electron chi connectivity index (χ2n) is 7.89. The molecule has 0 saturated carbocycles. The van der Waals surface area contributed by atoms with Gasteiger partial charge in [0.2, 0.25) is 0 Å². The zero-order valence-corrected chi connectivity index (χ0v) is 18.5. The molecule has 0 aromatic heterocycles. The van der Waals surface area contributed by atoms with Crippen molar-refractivity contribution in [2.24, 2.45) is 9.98 Å². The second kappa shape index (κ2) is 9.77. The number of para-hydroxylation sites is 2. The molecule has 0 bridgehead atoms. The molecular weight excluding hydrogens is 348 g/mol. The monoisotopic (exact) mass is 380 g/mol. The van der Waals surface area contributed by atoms with Crippen molar-refractivity contribution < 1.29 is 4.43 Å². The molecule has 0 amide bonds. The van der Waals surface area contributed by atoms with Crippen molar-refractivity contribution >= 4 is 31.1 Å². The largest absolute Gasteiger partial charge is 0.418 e. The van der Waals surface area contributed by atoms with Crippen molar-refractivity contribution in [3.05, 3.63) is 59.7 Å². The van der Waals surface area contributed by atoms with Gasteiger partial charge in [-0.15, -0.1) is 0 Å². The Labute approximate surface area is 165 Å². The maximum Gasteiger partial charge on any atom is 0.183 e. The fourth-order valence-electron chi connectivity index (χ4n) is 2.70. The number of hydrogen-bond donors (Lipinski definition) is 0. The Balaban J connectivity index is 2.26. The summed E-state index contributed by atoms with van der Waals surface area (Å²) in [4.78, 5) is 9.83. The van der Waals surface area contributed by atoms with Gasteiger partial charge in [0.25, 0.3) is 0 Å². The molecule has 0 fully saturated rings. The highest BCUT2D eigenvalue weighted by Gasteiger charge is 2.14. The maximum atomic E-state index is 6.01. The van der Waals surface area contributed by atoms with E-state index >= 15 is 0 Å². The van der Waals surface area contributed by atoms with Crippen LogP contribution in [0.5, 0.6) is 0 Å². The molecular formula is C23H32N2OSi. The molecule has 0 N–H and O–H groups in total. The summed E-state index contributed by atoms with van der Waals surface area (Å²) >= 11 is 0. The first-order chi connectivity index (χ1) is 12.8. The van der Waals surface area contributed by atoms with Crippen molar-refractivity contribution in [1.29, 1.82) is 0 Å². The molecule has 0 unspecified atom stereocenters. The van der Waals surface area contributed by atoms with Gasteiger partial charge in [-0.3, -0.25) is 9.98 Å². The van der Waals surface area contributed by atoms with Gasteiger partial charge in [-0.1, -0.05) is 36.4 Å². The maximum absolute atomic E-state index is 6.01. The fraction of sp³-hybridized carbons (Fsp3) is 0.391. The Bertz CT molecular complexity index is 819. The molecule has 144 valence electrons. The average molecular weight is 381 g/mol. The van der Waals surface area contributed by atoms with Crippen LogP contribution >= 0.6 is 0 Å². The fourth-order valence-corrected chi connectivity index (χ4v) is 3.46. The van der Waals surface area contributed by atoms with Crippen molar-refractivity contribution in [1.82, 2.24) is 0 Å². The number of aryl methyl sites for hydroxylation is 2. The van der Waals surface area contributed by atoms with Gasteiger partial charge in [0, 0.05) is 6.61 Å². The van der Waals surface area contributed by atoms with Gasteiger partial charge in [0.1, 0.15) is 0 Å². The third kappa shape index (κ3) is 7.23. The molecule has 0 aliphatic carbocycles. The van der Waals surface area contributed by atoms with Gasteiger partial charge in [-0.05, 0) is 76.5 Å². The Morgan fingerprint density at radius 3 is 1.89 bits per heavy atom. The molecule has 2 rings (SSSR count). The second-order valence-corrected chi connectivity index (χ2v) is 12.4. The quantitative estimate of drug-likeness (QED) is 0.282. The Morgan fingerprint density at radius 1 is 0.852 bits per heavy atom. The smallest absolute Gasteiger partial charge is 0.183 e. The standard InChI is InChI=1S/C23H32N2OSi/c1-18-12-7-9-14-21(18)24-20(3)23(16-11-17-26-27(4,5)6)25-22-15-10-8-13-19(22)2/h7-10,12-15H,11,16-17H2,1-6H3. The number of benzene rings is 2. The molecule has 0 spiro atoms. The van der Waals surface area contributed by atoms with Crippen LogP contribution in [0.1, 0.15) is 30.9 Å². The van der Waals surface area contributed by atoms with Gasteiger partial charge in [0.05, 0.1) is 22.8 Å². The molecule has 2 aromatic carbocycles. The van der Waals surface area contributed by atoms with Gasteiger partial charge in [-0.2, -0.15) is 0 Å². The topological polar surface area (TPSA) is 34.0 Å². The van der Waals surface area contributed by atoms with Gasteiger partial charge >= 0.3 is 0 Å². The van der Waals surface area contributed by atoms with Crippen molar-refractivity contribution in [3.63, 3.8) is 0 Å². The molecule has 0 aliphatic heterocycles. The van der Waals surface area contributed by atoms with Crippen LogP contribution in [0.25, 0.3) is 0 Å². The van der Waals surface area contributed by atoms with E-state index in [-0.39, 0.29) is 0 Å². The molecule has 4 heteroatoms. The number of hydrogen-bond acceptors (Lipinski definition) is 3. The molecule has 2 aromatic rings. The minimum atomic E-state index is -1.48. The Kier molecular flexibility index (Phi) is 7.69. The molecule has 0 radical (unpaired) electrons. The Morgan fingerprint density at radius 2 is 1.37 bits per heavy atom. The summed E-state index contributed by atoms with van der Waals surface area (Å²) in [5, 5.41) is 0. The van der Waals surface area contributed by atoms with Crippen LogP contribution in [0.15, 0.2) is 58.5 Å². The van der Waals surface area contributed by atoms with E-state index in [4.69, 9.17) is 14.4 Å². The van der Waals surface area contributed by atoms with E-state index in [2.05, 4.69) is 64.7 Å². The lowest BCUT2D eigenvalue weighted by atomic mass is 10.1. The van der Waals surface area contributed by atoms with E-state index in [0.717, 1.165) is 42.2 Å². The van der Waals surface area contributed by atoms with E-state index in [1.54, 1.807) is 0 Å². The van der Waals surface area contributed by atoms with Crippen LogP contribution in [-0.2, 0) is 4.43 Å². The van der Waals surface area contributed by atoms with Crippen LogP contribution < -0.4 is 0 Å². The molecule has 27 heavy (non-hydrogen) atoms. The predicted molar refractivity (Wildman–Crippen MR) is 121 cm³/mol. The zero-order valence-electron chi connectivity index (χ0n) is 17.5. The lowest BCUT2D eigenvalue weighted by Gasteiger charge is -2.17. The lowest BCUT2D eigenvalue weighted by Crippen LogP contribution is -2.26. The summed E-state index contributed by atoms with van der Waals surface area (Å²) in [7, 11) is -1.48.